The topological polar surface area (TPSA) is 46.1 Å². The fourth-order valence-electron chi connectivity index (χ4n) is 1.43. The molecule has 0 saturated carbocycles. The van der Waals surface area contributed by atoms with Crippen molar-refractivity contribution in [3.8, 4) is 11.3 Å². The van der Waals surface area contributed by atoms with Crippen molar-refractivity contribution in [2.24, 2.45) is 0 Å². The van der Waals surface area contributed by atoms with Crippen LogP contribution >= 0.6 is 0 Å². The van der Waals surface area contributed by atoms with Crippen molar-refractivity contribution >= 4 is 5.91 Å². The second-order valence-electron chi connectivity index (χ2n) is 3.85. The molecule has 0 aliphatic rings. The van der Waals surface area contributed by atoms with Crippen LogP contribution in [-0.2, 0) is 0 Å². The zero-order chi connectivity index (χ0) is 12.3. The Morgan fingerprint density at radius 3 is 2.29 bits per heavy atom. The third-order valence-corrected chi connectivity index (χ3v) is 2.35. The van der Waals surface area contributed by atoms with Crippen molar-refractivity contribution in [2.45, 2.75) is 0 Å². The Morgan fingerprint density at radius 1 is 1.06 bits per heavy atom. The van der Waals surface area contributed by atoms with Crippen molar-refractivity contribution in [1.82, 2.24) is 14.9 Å². The van der Waals surface area contributed by atoms with Crippen LogP contribution < -0.4 is 0 Å². The van der Waals surface area contributed by atoms with Crippen molar-refractivity contribution < 1.29 is 4.79 Å². The molecule has 1 amide bonds. The van der Waals surface area contributed by atoms with Gasteiger partial charge >= 0.3 is 0 Å². The first-order valence-electron chi connectivity index (χ1n) is 5.27. The van der Waals surface area contributed by atoms with Crippen LogP contribution in [-0.4, -0.2) is 34.9 Å². The number of hydrogen-bond donors (Lipinski definition) is 0. The molecule has 0 bridgehead atoms. The molecule has 1 aromatic carbocycles. The third kappa shape index (κ3) is 2.47. The Hall–Kier alpha value is -2.23. The first-order chi connectivity index (χ1) is 8.18. The highest BCUT2D eigenvalue weighted by Crippen LogP contribution is 2.14. The Balaban J connectivity index is 2.28. The van der Waals surface area contributed by atoms with Gasteiger partial charge in [0.15, 0.2) is 0 Å². The van der Waals surface area contributed by atoms with Gasteiger partial charge in [0.2, 0.25) is 0 Å². The molecule has 4 nitrogen and oxygen atoms in total. The zero-order valence-corrected chi connectivity index (χ0v) is 9.79. The van der Waals surface area contributed by atoms with E-state index in [1.165, 1.54) is 11.1 Å². The van der Waals surface area contributed by atoms with Crippen LogP contribution in [0.25, 0.3) is 11.3 Å². The van der Waals surface area contributed by atoms with Gasteiger partial charge in [-0.05, 0) is 0 Å². The molecule has 4 heteroatoms. The minimum Gasteiger partial charge on any atom is -0.343 e. The summed E-state index contributed by atoms with van der Waals surface area (Å²) >= 11 is 0. The number of nitrogens with zero attached hydrogens (tertiary/aromatic N) is 3. The van der Waals surface area contributed by atoms with E-state index in [1.54, 1.807) is 20.3 Å². The maximum Gasteiger partial charge on any atom is 0.273 e. The molecule has 86 valence electrons. The van der Waals surface area contributed by atoms with E-state index in [2.05, 4.69) is 9.97 Å². The van der Waals surface area contributed by atoms with Crippen molar-refractivity contribution in [2.75, 3.05) is 14.1 Å². The lowest BCUT2D eigenvalue weighted by molar-refractivity contribution is 0.0821. The van der Waals surface area contributed by atoms with Gasteiger partial charge in [0, 0.05) is 19.7 Å². The molecular weight excluding hydrogens is 214 g/mol. The lowest BCUT2D eigenvalue weighted by Gasteiger charge is -2.09. The summed E-state index contributed by atoms with van der Waals surface area (Å²) in [5, 5.41) is 0. The van der Waals surface area contributed by atoms with E-state index in [1.807, 2.05) is 30.3 Å². The van der Waals surface area contributed by atoms with Crippen LogP contribution in [0.15, 0.2) is 42.7 Å². The molecule has 1 aromatic heterocycles. The smallest absolute Gasteiger partial charge is 0.273 e. The quantitative estimate of drug-likeness (QED) is 0.786. The molecular formula is C13H13N3O. The molecule has 2 rings (SSSR count). The lowest BCUT2D eigenvalue weighted by atomic mass is 10.2. The van der Waals surface area contributed by atoms with Crippen LogP contribution in [0.4, 0.5) is 0 Å². The average molecular weight is 227 g/mol. The van der Waals surface area contributed by atoms with Gasteiger partial charge < -0.3 is 4.90 Å². The molecule has 1 heterocycles. The minimum absolute atomic E-state index is 0.142. The fraction of sp³-hybridized carbons (Fsp3) is 0.154. The van der Waals surface area contributed by atoms with Crippen LogP contribution in [0.1, 0.15) is 10.5 Å². The van der Waals surface area contributed by atoms with Gasteiger partial charge in [-0.25, -0.2) is 4.98 Å². The number of aromatic nitrogens is 2. The van der Waals surface area contributed by atoms with Gasteiger partial charge in [-0.15, -0.1) is 0 Å². The van der Waals surface area contributed by atoms with Crippen molar-refractivity contribution in [3.63, 3.8) is 0 Å². The maximum absolute atomic E-state index is 11.6. The number of carbonyl (C=O) groups is 1. The standard InChI is InChI=1S/C13H13N3O/c1-16(2)13(17)12-9-14-11(8-15-12)10-6-4-3-5-7-10/h3-9H,1-2H3. The molecule has 2 aromatic rings. The van der Waals surface area contributed by atoms with Gasteiger partial charge in [-0.1, -0.05) is 30.3 Å². The molecule has 0 saturated heterocycles. The highest BCUT2D eigenvalue weighted by atomic mass is 16.2. The molecule has 0 N–H and O–H groups in total. The van der Waals surface area contributed by atoms with Gasteiger partial charge in [-0.3, -0.25) is 9.78 Å². The van der Waals surface area contributed by atoms with E-state index in [0.717, 1.165) is 11.3 Å². The molecule has 0 aliphatic carbocycles. The number of rotatable bonds is 2. The number of amides is 1. The molecule has 0 radical (unpaired) electrons. The SMILES string of the molecule is CN(C)C(=O)c1cnc(-c2ccccc2)cn1. The Kier molecular flexibility index (Phi) is 3.14. The Morgan fingerprint density at radius 2 is 1.76 bits per heavy atom. The normalized spacial score (nSPS) is 10.0. The van der Waals surface area contributed by atoms with E-state index < -0.39 is 0 Å². The second kappa shape index (κ2) is 4.74. The average Bonchev–Trinajstić information content (AvgIpc) is 2.39. The zero-order valence-electron chi connectivity index (χ0n) is 9.79. The third-order valence-electron chi connectivity index (χ3n) is 2.35. The van der Waals surface area contributed by atoms with Crippen molar-refractivity contribution in [1.29, 1.82) is 0 Å². The Labute approximate surface area is 99.9 Å². The summed E-state index contributed by atoms with van der Waals surface area (Å²) in [6, 6.07) is 9.74. The first-order valence-corrected chi connectivity index (χ1v) is 5.27. The molecule has 17 heavy (non-hydrogen) atoms. The molecule has 0 atom stereocenters. The molecule has 0 aliphatic heterocycles. The van der Waals surface area contributed by atoms with E-state index in [0.29, 0.717) is 5.69 Å². The largest absolute Gasteiger partial charge is 0.343 e. The first kappa shape index (κ1) is 11.3. The lowest BCUT2D eigenvalue weighted by Crippen LogP contribution is -2.22. The number of carbonyl (C=O) groups excluding carboxylic acids is 1. The summed E-state index contributed by atoms with van der Waals surface area (Å²) in [7, 11) is 3.38. The predicted molar refractivity (Wildman–Crippen MR) is 65.5 cm³/mol. The van der Waals surface area contributed by atoms with E-state index in [-0.39, 0.29) is 5.91 Å². The van der Waals surface area contributed by atoms with E-state index in [4.69, 9.17) is 0 Å². The summed E-state index contributed by atoms with van der Waals surface area (Å²) in [6.07, 6.45) is 3.12. The van der Waals surface area contributed by atoms with Crippen LogP contribution in [0.5, 0.6) is 0 Å². The van der Waals surface area contributed by atoms with Gasteiger partial charge in [0.25, 0.3) is 5.91 Å². The van der Waals surface area contributed by atoms with Gasteiger partial charge in [-0.2, -0.15) is 0 Å². The fourth-order valence-corrected chi connectivity index (χ4v) is 1.43. The summed E-state index contributed by atoms with van der Waals surface area (Å²) in [5.74, 6) is -0.142. The summed E-state index contributed by atoms with van der Waals surface area (Å²) in [5.41, 5.74) is 2.11. The molecule has 0 unspecified atom stereocenters. The van der Waals surface area contributed by atoms with Gasteiger partial charge in [0.05, 0.1) is 18.1 Å². The van der Waals surface area contributed by atoms with Crippen LogP contribution in [0.2, 0.25) is 0 Å². The highest BCUT2D eigenvalue weighted by molar-refractivity contribution is 5.91. The van der Waals surface area contributed by atoms with E-state index in [9.17, 15) is 4.79 Å². The van der Waals surface area contributed by atoms with Crippen LogP contribution in [0.3, 0.4) is 0 Å². The summed E-state index contributed by atoms with van der Waals surface area (Å²) < 4.78 is 0. The monoisotopic (exact) mass is 227 g/mol. The predicted octanol–water partition coefficient (Wildman–Crippen LogP) is 1.85. The minimum atomic E-state index is -0.142. The highest BCUT2D eigenvalue weighted by Gasteiger charge is 2.10. The molecule has 0 spiro atoms. The van der Waals surface area contributed by atoms with Crippen molar-refractivity contribution in [3.05, 3.63) is 48.4 Å². The second-order valence-corrected chi connectivity index (χ2v) is 3.85. The van der Waals surface area contributed by atoms with E-state index >= 15 is 0 Å². The molecule has 0 fully saturated rings. The summed E-state index contributed by atoms with van der Waals surface area (Å²) in [4.78, 5) is 21.5. The summed E-state index contributed by atoms with van der Waals surface area (Å²) in [6.45, 7) is 0. The maximum atomic E-state index is 11.6. The number of hydrogen-bond acceptors (Lipinski definition) is 3. The number of benzene rings is 1. The Bertz CT molecular complexity index is 506. The van der Waals surface area contributed by atoms with Crippen LogP contribution in [0, 0.1) is 0 Å². The van der Waals surface area contributed by atoms with Gasteiger partial charge in [0.1, 0.15) is 5.69 Å².